The summed E-state index contributed by atoms with van der Waals surface area (Å²) in [6.45, 7) is 0. The number of rotatable bonds is 4. The van der Waals surface area contributed by atoms with E-state index in [-0.39, 0.29) is 11.1 Å². The maximum absolute atomic E-state index is 13.8. The number of anilines is 2. The van der Waals surface area contributed by atoms with Crippen molar-refractivity contribution < 1.29 is 44.7 Å². The Morgan fingerprint density at radius 1 is 0.591 bits per heavy atom. The molecule has 0 saturated heterocycles. The minimum Gasteiger partial charge on any atom is -0.319 e. The van der Waals surface area contributed by atoms with E-state index < -0.39 is 58.3 Å². The van der Waals surface area contributed by atoms with Crippen LogP contribution < -0.4 is 10.6 Å². The van der Waals surface area contributed by atoms with Gasteiger partial charge in [0, 0.05) is 20.1 Å². The molecule has 0 aromatic heterocycles. The molecule has 2 N–H and O–H groups in total. The molecule has 44 heavy (non-hydrogen) atoms. The Morgan fingerprint density at radius 2 is 0.932 bits per heavy atom. The number of alkyl halides is 6. The van der Waals surface area contributed by atoms with Gasteiger partial charge in [-0.3, -0.25) is 9.59 Å². The standard InChI is InChI=1S/2C14H7BrClF4NO/c2*15-9-6-7(4-5-10(9)16)13(22)21-11-3-1-2-8(12(11)17)14(18,19)20/h2*1-6H,(H,21,22). The van der Waals surface area contributed by atoms with Gasteiger partial charge in [-0.25, -0.2) is 8.78 Å². The smallest absolute Gasteiger partial charge is 0.319 e. The van der Waals surface area contributed by atoms with Crippen LogP contribution in [0.1, 0.15) is 31.8 Å². The number of carbonyl (C=O) groups is 2. The molecule has 0 saturated carbocycles. The van der Waals surface area contributed by atoms with E-state index in [1.54, 1.807) is 0 Å². The first-order chi connectivity index (χ1) is 20.4. The lowest BCUT2D eigenvalue weighted by Gasteiger charge is -2.12. The first-order valence-electron chi connectivity index (χ1n) is 11.6. The first-order valence-corrected chi connectivity index (χ1v) is 14.0. The molecule has 4 nitrogen and oxygen atoms in total. The molecule has 0 unspecified atom stereocenters. The van der Waals surface area contributed by atoms with Crippen molar-refractivity contribution in [2.24, 2.45) is 0 Å². The van der Waals surface area contributed by atoms with Crippen LogP contribution in [0.15, 0.2) is 81.7 Å². The van der Waals surface area contributed by atoms with Crippen molar-refractivity contribution in [3.63, 3.8) is 0 Å². The van der Waals surface area contributed by atoms with Crippen molar-refractivity contribution in [3.05, 3.63) is 126 Å². The Hall–Kier alpha value is -3.20. The summed E-state index contributed by atoms with van der Waals surface area (Å²) in [6, 6.07) is 13.7. The minimum atomic E-state index is -4.84. The topological polar surface area (TPSA) is 58.2 Å². The van der Waals surface area contributed by atoms with E-state index in [2.05, 4.69) is 42.5 Å². The van der Waals surface area contributed by atoms with Gasteiger partial charge in [0.25, 0.3) is 11.8 Å². The Kier molecular flexibility index (Phi) is 11.4. The summed E-state index contributed by atoms with van der Waals surface area (Å²) >= 11 is 17.8. The number of hydrogen-bond donors (Lipinski definition) is 2. The zero-order valence-corrected chi connectivity index (χ0v) is 26.0. The van der Waals surface area contributed by atoms with Crippen LogP contribution in [0.4, 0.5) is 46.5 Å². The molecular formula is C28H14Br2Cl2F8N2O2. The molecule has 0 fully saturated rings. The highest BCUT2D eigenvalue weighted by molar-refractivity contribution is 9.10. The molecule has 0 heterocycles. The Bertz CT molecular complexity index is 1590. The van der Waals surface area contributed by atoms with Gasteiger partial charge < -0.3 is 10.6 Å². The van der Waals surface area contributed by atoms with Crippen molar-refractivity contribution in [1.82, 2.24) is 0 Å². The second kappa shape index (κ2) is 14.3. The number of halogens is 12. The van der Waals surface area contributed by atoms with E-state index in [1.165, 1.54) is 36.4 Å². The van der Waals surface area contributed by atoms with Crippen molar-refractivity contribution in [1.29, 1.82) is 0 Å². The molecule has 16 heteroatoms. The lowest BCUT2D eigenvalue weighted by atomic mass is 10.1. The van der Waals surface area contributed by atoms with Gasteiger partial charge in [-0.15, -0.1) is 0 Å². The summed E-state index contributed by atoms with van der Waals surface area (Å²) in [6.07, 6.45) is -9.68. The zero-order valence-electron chi connectivity index (χ0n) is 21.3. The van der Waals surface area contributed by atoms with Crippen LogP contribution in [0.5, 0.6) is 0 Å². The molecule has 0 spiro atoms. The molecule has 2 amide bonds. The third-order valence-electron chi connectivity index (χ3n) is 5.47. The highest BCUT2D eigenvalue weighted by Gasteiger charge is 2.36. The lowest BCUT2D eigenvalue weighted by Crippen LogP contribution is -2.15. The summed E-state index contributed by atoms with van der Waals surface area (Å²) in [5.41, 5.74) is -3.75. The van der Waals surface area contributed by atoms with Gasteiger partial charge in [-0.1, -0.05) is 35.3 Å². The van der Waals surface area contributed by atoms with Gasteiger partial charge >= 0.3 is 12.4 Å². The molecule has 0 bridgehead atoms. The van der Waals surface area contributed by atoms with Crippen molar-refractivity contribution in [2.45, 2.75) is 12.4 Å². The lowest BCUT2D eigenvalue weighted by molar-refractivity contribution is -0.140. The molecule has 0 radical (unpaired) electrons. The molecule has 4 aromatic carbocycles. The Morgan fingerprint density at radius 3 is 1.23 bits per heavy atom. The summed E-state index contributed by atoms with van der Waals surface area (Å²) in [7, 11) is 0. The van der Waals surface area contributed by atoms with E-state index >= 15 is 0 Å². The third-order valence-corrected chi connectivity index (χ3v) is 7.90. The van der Waals surface area contributed by atoms with Crippen LogP contribution in [0.25, 0.3) is 0 Å². The Labute approximate surface area is 270 Å². The fourth-order valence-electron chi connectivity index (χ4n) is 3.36. The SMILES string of the molecule is O=C(Nc1cccc(C(F)(F)F)c1F)c1ccc(Cl)c(Br)c1.O=C(Nc1cccc(C(F)(F)F)c1F)c1ccc(Cl)c(Br)c1. The van der Waals surface area contributed by atoms with Gasteiger partial charge in [0.1, 0.15) is 0 Å². The molecular weight excluding hydrogens is 779 g/mol. The second-order valence-electron chi connectivity index (χ2n) is 8.50. The summed E-state index contributed by atoms with van der Waals surface area (Å²) in [5, 5.41) is 4.94. The van der Waals surface area contributed by atoms with Crippen molar-refractivity contribution in [3.8, 4) is 0 Å². The molecule has 0 aliphatic rings. The van der Waals surface area contributed by atoms with Gasteiger partial charge in [0.2, 0.25) is 0 Å². The van der Waals surface area contributed by atoms with Gasteiger partial charge in [0.05, 0.1) is 32.5 Å². The van der Waals surface area contributed by atoms with Crippen LogP contribution >= 0.6 is 55.1 Å². The molecule has 4 rings (SSSR count). The number of carbonyl (C=O) groups excluding carboxylic acids is 2. The van der Waals surface area contributed by atoms with Gasteiger partial charge in [-0.05, 0) is 92.5 Å². The normalized spacial score (nSPS) is 11.4. The fourth-order valence-corrected chi connectivity index (χ4v) is 4.35. The van der Waals surface area contributed by atoms with E-state index in [9.17, 15) is 44.7 Å². The molecule has 4 aromatic rings. The highest BCUT2D eigenvalue weighted by Crippen LogP contribution is 2.35. The average molecular weight is 793 g/mol. The largest absolute Gasteiger partial charge is 0.419 e. The van der Waals surface area contributed by atoms with Crippen LogP contribution in [0, 0.1) is 11.6 Å². The maximum Gasteiger partial charge on any atom is 0.419 e. The minimum absolute atomic E-state index is 0.119. The highest BCUT2D eigenvalue weighted by atomic mass is 79.9. The molecule has 0 atom stereocenters. The van der Waals surface area contributed by atoms with Crippen molar-refractivity contribution >= 4 is 78.3 Å². The monoisotopic (exact) mass is 790 g/mol. The number of benzene rings is 4. The van der Waals surface area contributed by atoms with Crippen LogP contribution in [0.3, 0.4) is 0 Å². The summed E-state index contributed by atoms with van der Waals surface area (Å²) in [5.74, 6) is -4.57. The quantitative estimate of drug-likeness (QED) is 0.202. The van der Waals surface area contributed by atoms with Crippen LogP contribution in [-0.2, 0) is 12.4 Å². The predicted octanol–water partition coefficient (Wildman–Crippen LogP) is 11.0. The van der Waals surface area contributed by atoms with Gasteiger partial charge in [0.15, 0.2) is 11.6 Å². The third kappa shape index (κ3) is 8.93. The van der Waals surface area contributed by atoms with Crippen LogP contribution in [0.2, 0.25) is 10.0 Å². The fraction of sp³-hybridized carbons (Fsp3) is 0.0714. The number of amides is 2. The predicted molar refractivity (Wildman–Crippen MR) is 157 cm³/mol. The molecule has 0 aliphatic carbocycles. The Balaban J connectivity index is 0.000000240. The van der Waals surface area contributed by atoms with E-state index in [4.69, 9.17) is 23.2 Å². The zero-order chi connectivity index (χ0) is 33.0. The van der Waals surface area contributed by atoms with Crippen LogP contribution in [-0.4, -0.2) is 11.8 Å². The molecule has 0 aliphatic heterocycles. The number of nitrogens with one attached hydrogen (secondary N) is 2. The summed E-state index contributed by atoms with van der Waals surface area (Å²) in [4.78, 5) is 23.9. The number of hydrogen-bond acceptors (Lipinski definition) is 2. The van der Waals surface area contributed by atoms with Crippen molar-refractivity contribution in [2.75, 3.05) is 10.6 Å². The van der Waals surface area contributed by atoms with Gasteiger partial charge in [-0.2, -0.15) is 26.3 Å². The van der Waals surface area contributed by atoms with E-state index in [0.29, 0.717) is 31.1 Å². The second-order valence-corrected chi connectivity index (χ2v) is 11.0. The molecule has 232 valence electrons. The van der Waals surface area contributed by atoms with E-state index in [0.717, 1.165) is 24.3 Å². The average Bonchev–Trinajstić information content (AvgIpc) is 2.93. The summed E-state index contributed by atoms with van der Waals surface area (Å²) < 4.78 is 104. The first kappa shape index (κ1) is 35.3. The van der Waals surface area contributed by atoms with E-state index in [1.807, 2.05) is 0 Å². The maximum atomic E-state index is 13.8.